The molecule has 118 valence electrons. The number of rotatable bonds is 4. The Hall–Kier alpha value is -2.04. The molecule has 22 heavy (non-hydrogen) atoms. The fourth-order valence-corrected chi connectivity index (χ4v) is 2.80. The van der Waals surface area contributed by atoms with Crippen molar-refractivity contribution in [2.45, 2.75) is 57.0 Å². The molecule has 3 rings (SSSR count). The van der Waals surface area contributed by atoms with Gasteiger partial charge >= 0.3 is 6.03 Å². The minimum atomic E-state index is -0.165. The van der Waals surface area contributed by atoms with Crippen LogP contribution in [0.1, 0.15) is 55.3 Å². The van der Waals surface area contributed by atoms with Crippen LogP contribution < -0.4 is 16.0 Å². The van der Waals surface area contributed by atoms with E-state index in [4.69, 9.17) is 0 Å². The van der Waals surface area contributed by atoms with Crippen LogP contribution in [-0.2, 0) is 0 Å². The van der Waals surface area contributed by atoms with Crippen LogP contribution in [0.4, 0.5) is 10.5 Å². The molecule has 2 aliphatic rings. The Balaban J connectivity index is 1.49. The third kappa shape index (κ3) is 4.23. The molecule has 5 heteroatoms. The van der Waals surface area contributed by atoms with Crippen LogP contribution in [0.5, 0.6) is 0 Å². The lowest BCUT2D eigenvalue weighted by atomic mass is 9.96. The van der Waals surface area contributed by atoms with Crippen LogP contribution in [0.3, 0.4) is 0 Å². The summed E-state index contributed by atoms with van der Waals surface area (Å²) >= 11 is 0. The number of urea groups is 1. The van der Waals surface area contributed by atoms with Gasteiger partial charge in [0.05, 0.1) is 0 Å². The second-order valence-corrected chi connectivity index (χ2v) is 6.26. The summed E-state index contributed by atoms with van der Waals surface area (Å²) in [5.74, 6) is -0.0410. The average molecular weight is 301 g/mol. The van der Waals surface area contributed by atoms with Gasteiger partial charge in [-0.2, -0.15) is 0 Å². The van der Waals surface area contributed by atoms with Gasteiger partial charge < -0.3 is 16.0 Å². The normalized spacial score (nSPS) is 18.5. The Bertz CT molecular complexity index is 531. The van der Waals surface area contributed by atoms with Crippen LogP contribution >= 0.6 is 0 Å². The van der Waals surface area contributed by atoms with Crippen molar-refractivity contribution in [2.75, 3.05) is 5.32 Å². The van der Waals surface area contributed by atoms with Crippen molar-refractivity contribution < 1.29 is 9.59 Å². The molecular weight excluding hydrogens is 278 g/mol. The van der Waals surface area contributed by atoms with Crippen LogP contribution in [0, 0.1) is 0 Å². The minimum absolute atomic E-state index is 0.0410. The van der Waals surface area contributed by atoms with Gasteiger partial charge in [-0.1, -0.05) is 19.3 Å². The Kier molecular flexibility index (Phi) is 4.61. The number of carbonyl (C=O) groups is 2. The van der Waals surface area contributed by atoms with Gasteiger partial charge in [0, 0.05) is 23.3 Å². The molecule has 0 aliphatic heterocycles. The highest BCUT2D eigenvalue weighted by Gasteiger charge is 2.23. The van der Waals surface area contributed by atoms with Gasteiger partial charge in [-0.05, 0) is 49.9 Å². The first-order valence-electron chi connectivity index (χ1n) is 8.19. The zero-order valence-corrected chi connectivity index (χ0v) is 12.7. The molecule has 0 bridgehead atoms. The molecule has 0 radical (unpaired) electrons. The molecule has 0 saturated heterocycles. The maximum atomic E-state index is 12.0. The molecule has 2 saturated carbocycles. The van der Waals surface area contributed by atoms with Crippen molar-refractivity contribution in [3.63, 3.8) is 0 Å². The molecule has 0 spiro atoms. The van der Waals surface area contributed by atoms with Gasteiger partial charge in [0.15, 0.2) is 0 Å². The Labute approximate surface area is 130 Å². The van der Waals surface area contributed by atoms with Crippen molar-refractivity contribution in [1.29, 1.82) is 0 Å². The van der Waals surface area contributed by atoms with E-state index in [2.05, 4.69) is 16.0 Å². The van der Waals surface area contributed by atoms with Crippen molar-refractivity contribution in [1.82, 2.24) is 10.6 Å². The Morgan fingerprint density at radius 1 is 0.818 bits per heavy atom. The smallest absolute Gasteiger partial charge is 0.319 e. The van der Waals surface area contributed by atoms with Crippen molar-refractivity contribution in [3.8, 4) is 0 Å². The zero-order chi connectivity index (χ0) is 15.4. The average Bonchev–Trinajstić information content (AvgIpc) is 3.33. The minimum Gasteiger partial charge on any atom is -0.349 e. The molecule has 1 aromatic rings. The third-order valence-corrected chi connectivity index (χ3v) is 4.26. The predicted molar refractivity (Wildman–Crippen MR) is 86.0 cm³/mol. The standard InChI is InChI=1S/C17H23N3O2/c21-16(18-14-10-11-14)12-6-8-15(9-7-12)20-17(22)19-13-4-2-1-3-5-13/h6-9,13-14H,1-5,10-11H2,(H,18,21)(H2,19,20,22). The second kappa shape index (κ2) is 6.81. The summed E-state index contributed by atoms with van der Waals surface area (Å²) in [7, 11) is 0. The van der Waals surface area contributed by atoms with E-state index < -0.39 is 0 Å². The highest BCUT2D eigenvalue weighted by atomic mass is 16.2. The van der Waals surface area contributed by atoms with Gasteiger partial charge in [-0.25, -0.2) is 4.79 Å². The fourth-order valence-electron chi connectivity index (χ4n) is 2.80. The molecule has 5 nitrogen and oxygen atoms in total. The first kappa shape index (κ1) is 14.9. The quantitative estimate of drug-likeness (QED) is 0.800. The van der Waals surface area contributed by atoms with E-state index in [0.29, 0.717) is 17.3 Å². The number of nitrogens with one attached hydrogen (secondary N) is 3. The summed E-state index contributed by atoms with van der Waals surface area (Å²) < 4.78 is 0. The summed E-state index contributed by atoms with van der Waals surface area (Å²) in [5, 5.41) is 8.78. The van der Waals surface area contributed by atoms with Crippen LogP contribution in [-0.4, -0.2) is 24.0 Å². The van der Waals surface area contributed by atoms with Gasteiger partial charge in [0.2, 0.25) is 0 Å². The molecule has 0 unspecified atom stereocenters. The van der Waals surface area contributed by atoms with E-state index in [9.17, 15) is 9.59 Å². The van der Waals surface area contributed by atoms with E-state index >= 15 is 0 Å². The van der Waals surface area contributed by atoms with Gasteiger partial charge in [0.25, 0.3) is 5.91 Å². The number of carbonyl (C=O) groups excluding carboxylic acids is 2. The lowest BCUT2D eigenvalue weighted by Crippen LogP contribution is -2.39. The topological polar surface area (TPSA) is 70.2 Å². The van der Waals surface area contributed by atoms with E-state index in [0.717, 1.165) is 25.7 Å². The van der Waals surface area contributed by atoms with Gasteiger partial charge in [0.1, 0.15) is 0 Å². The molecule has 1 aromatic carbocycles. The monoisotopic (exact) mass is 301 g/mol. The predicted octanol–water partition coefficient (Wildman–Crippen LogP) is 3.03. The molecular formula is C17H23N3O2. The first-order chi connectivity index (χ1) is 10.7. The Morgan fingerprint density at radius 2 is 1.45 bits per heavy atom. The lowest BCUT2D eigenvalue weighted by molar-refractivity contribution is 0.0951. The van der Waals surface area contributed by atoms with Crippen LogP contribution in [0.15, 0.2) is 24.3 Å². The molecule has 0 atom stereocenters. The molecule has 0 aromatic heterocycles. The van der Waals surface area contributed by atoms with Crippen molar-refractivity contribution >= 4 is 17.6 Å². The molecule has 0 heterocycles. The zero-order valence-electron chi connectivity index (χ0n) is 12.7. The van der Waals surface area contributed by atoms with Gasteiger partial charge in [-0.15, -0.1) is 0 Å². The lowest BCUT2D eigenvalue weighted by Gasteiger charge is -2.22. The maximum Gasteiger partial charge on any atom is 0.319 e. The molecule has 3 N–H and O–H groups in total. The van der Waals surface area contributed by atoms with E-state index in [-0.39, 0.29) is 18.0 Å². The van der Waals surface area contributed by atoms with Crippen LogP contribution in [0.25, 0.3) is 0 Å². The SMILES string of the molecule is O=C(Nc1ccc(C(=O)NC2CC2)cc1)NC1CCCCC1. The van der Waals surface area contributed by atoms with Crippen LogP contribution in [0.2, 0.25) is 0 Å². The van der Waals surface area contributed by atoms with Crippen molar-refractivity contribution in [2.24, 2.45) is 0 Å². The van der Waals surface area contributed by atoms with Gasteiger partial charge in [-0.3, -0.25) is 4.79 Å². The largest absolute Gasteiger partial charge is 0.349 e. The number of amides is 3. The fraction of sp³-hybridized carbons (Fsp3) is 0.529. The summed E-state index contributed by atoms with van der Waals surface area (Å²) in [6, 6.07) is 7.50. The number of hydrogen-bond donors (Lipinski definition) is 3. The molecule has 2 fully saturated rings. The number of hydrogen-bond acceptors (Lipinski definition) is 2. The van der Waals surface area contributed by atoms with E-state index in [1.54, 1.807) is 24.3 Å². The summed E-state index contributed by atoms with van der Waals surface area (Å²) in [5.41, 5.74) is 1.33. The Morgan fingerprint density at radius 3 is 2.09 bits per heavy atom. The molecule has 2 aliphatic carbocycles. The van der Waals surface area contributed by atoms with E-state index in [1.165, 1.54) is 19.3 Å². The number of benzene rings is 1. The summed E-state index contributed by atoms with van der Waals surface area (Å²) in [6.07, 6.45) is 7.93. The van der Waals surface area contributed by atoms with Crippen molar-refractivity contribution in [3.05, 3.63) is 29.8 Å². The first-order valence-corrected chi connectivity index (χ1v) is 8.19. The highest BCUT2D eigenvalue weighted by molar-refractivity contribution is 5.95. The molecule has 3 amide bonds. The second-order valence-electron chi connectivity index (χ2n) is 6.26. The highest BCUT2D eigenvalue weighted by Crippen LogP contribution is 2.20. The summed E-state index contributed by atoms with van der Waals surface area (Å²) in [4.78, 5) is 23.8. The maximum absolute atomic E-state index is 12.0. The number of anilines is 1. The summed E-state index contributed by atoms with van der Waals surface area (Å²) in [6.45, 7) is 0. The van der Waals surface area contributed by atoms with E-state index in [1.807, 2.05) is 0 Å². The third-order valence-electron chi connectivity index (χ3n) is 4.26.